The molecule has 1 unspecified atom stereocenters. The van der Waals surface area contributed by atoms with Crippen molar-refractivity contribution >= 4 is 21.9 Å². The largest absolute Gasteiger partial charge is 0.479 e. The molecule has 0 saturated heterocycles. The van der Waals surface area contributed by atoms with Gasteiger partial charge in [-0.3, -0.25) is 0 Å². The molecule has 0 bridgehead atoms. The Balaban J connectivity index is 2.34. The van der Waals surface area contributed by atoms with Crippen LogP contribution in [0.25, 0.3) is 0 Å². The third-order valence-electron chi connectivity index (χ3n) is 3.57. The maximum absolute atomic E-state index is 14.4. The van der Waals surface area contributed by atoms with Crippen molar-refractivity contribution in [2.45, 2.75) is 38.2 Å². The molecule has 110 valence electrons. The Morgan fingerprint density at radius 3 is 2.65 bits per heavy atom. The lowest BCUT2D eigenvalue weighted by atomic mass is 9.78. The minimum absolute atomic E-state index is 0.0694. The predicted octanol–water partition coefficient (Wildman–Crippen LogP) is 4.19. The molecule has 0 aromatic heterocycles. The van der Waals surface area contributed by atoms with Crippen LogP contribution in [0.4, 0.5) is 8.78 Å². The standard InChI is InChI=1S/C14H15BrF2O3/c1-8(13(18)19)20-12-6-5-10(15)7-11(12)14(16,17)9-3-2-4-9/h5-9H,2-4H2,1H3,(H,18,19). The smallest absolute Gasteiger partial charge is 0.344 e. The number of halogens is 3. The van der Waals surface area contributed by atoms with Crippen LogP contribution in [0, 0.1) is 5.92 Å². The summed E-state index contributed by atoms with van der Waals surface area (Å²) in [7, 11) is 0. The van der Waals surface area contributed by atoms with Crippen LogP contribution in [0.15, 0.2) is 22.7 Å². The fourth-order valence-electron chi connectivity index (χ4n) is 2.10. The van der Waals surface area contributed by atoms with Gasteiger partial charge >= 0.3 is 5.97 Å². The van der Waals surface area contributed by atoms with Crippen molar-refractivity contribution in [1.82, 2.24) is 0 Å². The van der Waals surface area contributed by atoms with Gasteiger partial charge in [-0.1, -0.05) is 22.4 Å². The summed E-state index contributed by atoms with van der Waals surface area (Å²) in [6.07, 6.45) is 0.587. The van der Waals surface area contributed by atoms with Gasteiger partial charge in [0.05, 0.1) is 5.56 Å². The van der Waals surface area contributed by atoms with Gasteiger partial charge in [-0.05, 0) is 38.0 Å². The number of alkyl halides is 2. The highest BCUT2D eigenvalue weighted by Gasteiger charge is 2.46. The summed E-state index contributed by atoms with van der Waals surface area (Å²) >= 11 is 3.17. The van der Waals surface area contributed by atoms with Crippen molar-refractivity contribution in [3.63, 3.8) is 0 Å². The van der Waals surface area contributed by atoms with Crippen LogP contribution >= 0.6 is 15.9 Å². The summed E-state index contributed by atoms with van der Waals surface area (Å²) in [5.41, 5.74) is -0.246. The van der Waals surface area contributed by atoms with E-state index in [0.717, 1.165) is 6.42 Å². The van der Waals surface area contributed by atoms with E-state index < -0.39 is 23.9 Å². The number of hydrogen-bond donors (Lipinski definition) is 1. The minimum atomic E-state index is -3.00. The first-order valence-electron chi connectivity index (χ1n) is 6.39. The molecule has 1 aromatic rings. The molecular weight excluding hydrogens is 334 g/mol. The highest BCUT2D eigenvalue weighted by atomic mass is 79.9. The number of ether oxygens (including phenoxy) is 1. The molecule has 0 radical (unpaired) electrons. The molecule has 1 fully saturated rings. The van der Waals surface area contributed by atoms with Crippen molar-refractivity contribution in [3.05, 3.63) is 28.2 Å². The second-order valence-electron chi connectivity index (χ2n) is 4.99. The number of carboxylic acid groups (broad SMARTS) is 1. The second kappa shape index (κ2) is 5.68. The lowest BCUT2D eigenvalue weighted by molar-refractivity contribution is -0.144. The van der Waals surface area contributed by atoms with Gasteiger partial charge in [-0.25, -0.2) is 13.6 Å². The van der Waals surface area contributed by atoms with E-state index in [2.05, 4.69) is 15.9 Å². The lowest BCUT2D eigenvalue weighted by Gasteiger charge is -2.34. The zero-order valence-corrected chi connectivity index (χ0v) is 12.5. The van der Waals surface area contributed by atoms with Crippen LogP contribution in [-0.2, 0) is 10.7 Å². The Kier molecular flexibility index (Phi) is 4.32. The normalized spacial score (nSPS) is 17.4. The first-order valence-corrected chi connectivity index (χ1v) is 7.19. The molecule has 1 N–H and O–H groups in total. The van der Waals surface area contributed by atoms with Crippen LogP contribution in [0.2, 0.25) is 0 Å². The van der Waals surface area contributed by atoms with Crippen molar-refractivity contribution < 1.29 is 23.4 Å². The summed E-state index contributed by atoms with van der Waals surface area (Å²) in [4.78, 5) is 10.8. The average molecular weight is 349 g/mol. The summed E-state index contributed by atoms with van der Waals surface area (Å²) < 4.78 is 34.6. The number of carbonyl (C=O) groups is 1. The van der Waals surface area contributed by atoms with E-state index >= 15 is 0 Å². The van der Waals surface area contributed by atoms with Gasteiger partial charge in [-0.15, -0.1) is 0 Å². The summed E-state index contributed by atoms with van der Waals surface area (Å²) in [6, 6.07) is 4.25. The van der Waals surface area contributed by atoms with E-state index in [9.17, 15) is 13.6 Å². The van der Waals surface area contributed by atoms with Crippen molar-refractivity contribution in [2.24, 2.45) is 5.92 Å². The zero-order chi connectivity index (χ0) is 14.9. The van der Waals surface area contributed by atoms with Crippen LogP contribution in [0.1, 0.15) is 31.7 Å². The molecule has 0 amide bonds. The zero-order valence-electron chi connectivity index (χ0n) is 10.9. The number of carboxylic acids is 1. The molecule has 1 aliphatic rings. The van der Waals surface area contributed by atoms with Crippen LogP contribution in [-0.4, -0.2) is 17.2 Å². The van der Waals surface area contributed by atoms with Crippen molar-refractivity contribution in [2.75, 3.05) is 0 Å². The van der Waals surface area contributed by atoms with Gasteiger partial charge in [0.2, 0.25) is 0 Å². The van der Waals surface area contributed by atoms with Gasteiger partial charge in [-0.2, -0.15) is 0 Å². The molecule has 0 aliphatic heterocycles. The Morgan fingerprint density at radius 2 is 2.15 bits per heavy atom. The van der Waals surface area contributed by atoms with Crippen LogP contribution < -0.4 is 4.74 Å². The van der Waals surface area contributed by atoms with E-state index in [0.29, 0.717) is 17.3 Å². The van der Waals surface area contributed by atoms with Gasteiger partial charge < -0.3 is 9.84 Å². The molecule has 0 spiro atoms. The van der Waals surface area contributed by atoms with Crippen LogP contribution in [0.5, 0.6) is 5.75 Å². The molecule has 0 heterocycles. The summed E-state index contributed by atoms with van der Waals surface area (Å²) in [6.45, 7) is 1.32. The highest BCUT2D eigenvalue weighted by Crippen LogP contribution is 2.49. The van der Waals surface area contributed by atoms with Crippen molar-refractivity contribution in [3.8, 4) is 5.75 Å². The molecule has 3 nitrogen and oxygen atoms in total. The molecule has 1 atom stereocenters. The summed E-state index contributed by atoms with van der Waals surface area (Å²) in [5, 5.41) is 8.84. The Labute approximate surface area is 124 Å². The predicted molar refractivity (Wildman–Crippen MR) is 73.1 cm³/mol. The maximum Gasteiger partial charge on any atom is 0.344 e. The Bertz CT molecular complexity index is 515. The molecule has 20 heavy (non-hydrogen) atoms. The maximum atomic E-state index is 14.4. The number of aliphatic carboxylic acids is 1. The van der Waals surface area contributed by atoms with E-state index in [1.165, 1.54) is 19.1 Å². The second-order valence-corrected chi connectivity index (χ2v) is 5.91. The Morgan fingerprint density at radius 1 is 1.50 bits per heavy atom. The van der Waals surface area contributed by atoms with Gasteiger partial charge in [0.15, 0.2) is 6.10 Å². The third-order valence-corrected chi connectivity index (χ3v) is 4.06. The third kappa shape index (κ3) is 2.95. The minimum Gasteiger partial charge on any atom is -0.479 e. The first-order chi connectivity index (χ1) is 9.32. The lowest BCUT2D eigenvalue weighted by Crippen LogP contribution is -2.32. The summed E-state index contributed by atoms with van der Waals surface area (Å²) in [5.74, 6) is -4.96. The van der Waals surface area contributed by atoms with E-state index in [4.69, 9.17) is 9.84 Å². The molecule has 1 aromatic carbocycles. The van der Waals surface area contributed by atoms with Crippen LogP contribution in [0.3, 0.4) is 0 Å². The molecule has 2 rings (SSSR count). The number of hydrogen-bond acceptors (Lipinski definition) is 2. The fourth-order valence-corrected chi connectivity index (χ4v) is 2.46. The van der Waals surface area contributed by atoms with Gasteiger partial charge in [0.1, 0.15) is 5.75 Å². The average Bonchev–Trinajstić information content (AvgIpc) is 2.28. The van der Waals surface area contributed by atoms with Crippen molar-refractivity contribution in [1.29, 1.82) is 0 Å². The topological polar surface area (TPSA) is 46.5 Å². The number of rotatable bonds is 5. The van der Waals surface area contributed by atoms with E-state index in [1.807, 2.05) is 0 Å². The molecule has 1 saturated carbocycles. The van der Waals surface area contributed by atoms with Gasteiger partial charge in [0.25, 0.3) is 5.92 Å². The molecular formula is C14H15BrF2O3. The first kappa shape index (κ1) is 15.2. The highest BCUT2D eigenvalue weighted by molar-refractivity contribution is 9.10. The van der Waals surface area contributed by atoms with E-state index in [-0.39, 0.29) is 11.3 Å². The van der Waals surface area contributed by atoms with Gasteiger partial charge in [0, 0.05) is 10.4 Å². The number of benzene rings is 1. The van der Waals surface area contributed by atoms with E-state index in [1.54, 1.807) is 6.07 Å². The monoisotopic (exact) mass is 348 g/mol. The Hall–Kier alpha value is -1.17. The molecule has 6 heteroatoms. The quantitative estimate of drug-likeness (QED) is 0.867. The fraction of sp³-hybridized carbons (Fsp3) is 0.500. The molecule has 1 aliphatic carbocycles. The SMILES string of the molecule is CC(Oc1ccc(Br)cc1C(F)(F)C1CCC1)C(=O)O.